The van der Waals surface area contributed by atoms with Crippen molar-refractivity contribution in [1.82, 2.24) is 0 Å². The van der Waals surface area contributed by atoms with Crippen LogP contribution in [-0.4, -0.2) is 18.6 Å². The summed E-state index contributed by atoms with van der Waals surface area (Å²) in [5, 5.41) is 4.16. The number of anilines is 2. The van der Waals surface area contributed by atoms with Gasteiger partial charge in [-0.15, -0.1) is 0 Å². The average molecular weight is 288 g/mol. The van der Waals surface area contributed by atoms with Gasteiger partial charge >= 0.3 is 0 Å². The molecule has 0 fully saturated rings. The molecule has 1 amide bonds. The van der Waals surface area contributed by atoms with Crippen molar-refractivity contribution in [3.63, 3.8) is 0 Å². The van der Waals surface area contributed by atoms with E-state index < -0.39 is 6.10 Å². The molecule has 20 heavy (non-hydrogen) atoms. The van der Waals surface area contributed by atoms with Crippen LogP contribution in [0.2, 0.25) is 0 Å². The smallest absolute Gasteiger partial charge is 0.267 e. The summed E-state index contributed by atoms with van der Waals surface area (Å²) in [5.41, 5.74) is 8.47. The molecule has 1 unspecified atom stereocenters. The number of rotatable bonds is 3. The molecule has 5 heteroatoms. The average Bonchev–Trinajstić information content (AvgIpc) is 2.92. The number of ether oxygens (including phenoxy) is 1. The van der Waals surface area contributed by atoms with E-state index in [0.717, 1.165) is 12.1 Å². The molecule has 0 saturated carbocycles. The zero-order valence-corrected chi connectivity index (χ0v) is 12.0. The summed E-state index contributed by atoms with van der Waals surface area (Å²) in [6, 6.07) is 7.50. The third-order valence-corrected chi connectivity index (χ3v) is 4.13. The highest BCUT2D eigenvalue weighted by Gasteiger charge is 2.31. The van der Waals surface area contributed by atoms with Crippen LogP contribution in [0.5, 0.6) is 5.75 Å². The predicted octanol–water partition coefficient (Wildman–Crippen LogP) is 2.69. The van der Waals surface area contributed by atoms with Gasteiger partial charge in [-0.25, -0.2) is 0 Å². The second-order valence-corrected chi connectivity index (χ2v) is 5.64. The second-order valence-electron chi connectivity index (χ2n) is 4.86. The quantitative estimate of drug-likeness (QED) is 0.883. The van der Waals surface area contributed by atoms with Crippen molar-refractivity contribution in [2.45, 2.75) is 19.4 Å². The van der Waals surface area contributed by atoms with Gasteiger partial charge in [0, 0.05) is 18.3 Å². The van der Waals surface area contributed by atoms with Crippen molar-refractivity contribution >= 4 is 28.6 Å². The number of thiophene rings is 1. The summed E-state index contributed by atoms with van der Waals surface area (Å²) < 4.78 is 5.62. The molecule has 104 valence electrons. The van der Waals surface area contributed by atoms with Crippen LogP contribution < -0.4 is 15.4 Å². The third-order valence-electron chi connectivity index (χ3n) is 3.40. The summed E-state index contributed by atoms with van der Waals surface area (Å²) in [7, 11) is 0. The zero-order valence-electron chi connectivity index (χ0n) is 11.2. The first-order valence-electron chi connectivity index (χ1n) is 6.54. The maximum atomic E-state index is 12.3. The summed E-state index contributed by atoms with van der Waals surface area (Å²) in [6.07, 6.45) is 0.373. The maximum Gasteiger partial charge on any atom is 0.267 e. The van der Waals surface area contributed by atoms with E-state index in [0.29, 0.717) is 18.0 Å². The number of nitrogens with two attached hydrogens (primary N) is 1. The molecule has 0 radical (unpaired) electrons. The molecule has 0 bridgehead atoms. The van der Waals surface area contributed by atoms with Crippen LogP contribution in [0.15, 0.2) is 35.0 Å². The number of nitrogens with zero attached hydrogens (tertiary/aromatic N) is 1. The number of benzene rings is 1. The van der Waals surface area contributed by atoms with Gasteiger partial charge in [0.25, 0.3) is 5.91 Å². The normalized spacial score (nSPS) is 17.8. The topological polar surface area (TPSA) is 55.6 Å². The van der Waals surface area contributed by atoms with Gasteiger partial charge in [-0.2, -0.15) is 11.3 Å². The first-order valence-corrected chi connectivity index (χ1v) is 7.48. The Morgan fingerprint density at radius 3 is 3.00 bits per heavy atom. The molecule has 1 atom stereocenters. The highest BCUT2D eigenvalue weighted by molar-refractivity contribution is 7.07. The lowest BCUT2D eigenvalue weighted by Gasteiger charge is -2.33. The number of fused-ring (bicyclic) bond motifs is 1. The van der Waals surface area contributed by atoms with Gasteiger partial charge in [0.2, 0.25) is 0 Å². The Bertz CT molecular complexity index is 625. The van der Waals surface area contributed by atoms with Gasteiger partial charge in [-0.3, -0.25) is 4.79 Å². The van der Waals surface area contributed by atoms with E-state index in [2.05, 4.69) is 11.4 Å². The van der Waals surface area contributed by atoms with E-state index in [9.17, 15) is 4.79 Å². The van der Waals surface area contributed by atoms with E-state index in [1.807, 2.05) is 11.4 Å². The largest absolute Gasteiger partial charge is 0.479 e. The molecular formula is C15H16N2O2S. The molecule has 2 aromatic rings. The van der Waals surface area contributed by atoms with Crippen LogP contribution in [0.3, 0.4) is 0 Å². The van der Waals surface area contributed by atoms with Crippen molar-refractivity contribution in [1.29, 1.82) is 0 Å². The van der Waals surface area contributed by atoms with Gasteiger partial charge in [0.1, 0.15) is 5.75 Å². The number of hydrogen-bond acceptors (Lipinski definition) is 4. The summed E-state index contributed by atoms with van der Waals surface area (Å²) >= 11 is 1.67. The van der Waals surface area contributed by atoms with E-state index in [1.54, 1.807) is 35.3 Å². The van der Waals surface area contributed by atoms with E-state index >= 15 is 0 Å². The second kappa shape index (κ2) is 5.17. The van der Waals surface area contributed by atoms with Crippen molar-refractivity contribution in [3.8, 4) is 5.75 Å². The first kappa shape index (κ1) is 13.0. The Balaban J connectivity index is 1.87. The van der Waals surface area contributed by atoms with Gasteiger partial charge in [-0.05, 0) is 47.9 Å². The lowest BCUT2D eigenvalue weighted by molar-refractivity contribution is -0.125. The minimum Gasteiger partial charge on any atom is -0.479 e. The molecule has 1 aliphatic heterocycles. The number of carbonyl (C=O) groups excluding carboxylic acids is 1. The van der Waals surface area contributed by atoms with Gasteiger partial charge in [-0.1, -0.05) is 0 Å². The molecule has 2 heterocycles. The van der Waals surface area contributed by atoms with Crippen LogP contribution in [-0.2, 0) is 11.2 Å². The van der Waals surface area contributed by atoms with E-state index in [4.69, 9.17) is 10.5 Å². The van der Waals surface area contributed by atoms with E-state index in [1.165, 1.54) is 5.56 Å². The molecule has 1 aromatic carbocycles. The number of nitrogen functional groups attached to an aromatic ring is 1. The minimum absolute atomic E-state index is 0.00231. The fourth-order valence-corrected chi connectivity index (χ4v) is 3.04. The van der Waals surface area contributed by atoms with Crippen molar-refractivity contribution < 1.29 is 9.53 Å². The molecule has 2 N–H and O–H groups in total. The van der Waals surface area contributed by atoms with Gasteiger partial charge < -0.3 is 15.4 Å². The third kappa shape index (κ3) is 2.36. The molecule has 0 spiro atoms. The summed E-state index contributed by atoms with van der Waals surface area (Å²) in [4.78, 5) is 14.1. The Labute approximate surface area is 121 Å². The van der Waals surface area contributed by atoms with Crippen molar-refractivity contribution in [3.05, 3.63) is 40.6 Å². The molecule has 0 aliphatic carbocycles. The van der Waals surface area contributed by atoms with Crippen LogP contribution in [0.1, 0.15) is 12.5 Å². The van der Waals surface area contributed by atoms with Crippen LogP contribution in [0, 0.1) is 0 Å². The standard InChI is InChI=1S/C15H16N2O2S/c1-10-15(18)17(6-4-11-5-7-20-9-11)13-3-2-12(16)8-14(13)19-10/h2-3,5,7-10H,4,6,16H2,1H3. The summed E-state index contributed by atoms with van der Waals surface area (Å²) in [6.45, 7) is 2.42. The Hall–Kier alpha value is -2.01. The van der Waals surface area contributed by atoms with Gasteiger partial charge in [0.15, 0.2) is 6.10 Å². The Kier molecular flexibility index (Phi) is 3.36. The van der Waals surface area contributed by atoms with Crippen molar-refractivity contribution in [2.75, 3.05) is 17.2 Å². The highest BCUT2D eigenvalue weighted by atomic mass is 32.1. The van der Waals surface area contributed by atoms with Crippen LogP contribution >= 0.6 is 11.3 Å². The number of carbonyl (C=O) groups is 1. The Morgan fingerprint density at radius 2 is 2.25 bits per heavy atom. The monoisotopic (exact) mass is 288 g/mol. The molecule has 1 aliphatic rings. The van der Waals surface area contributed by atoms with Crippen molar-refractivity contribution in [2.24, 2.45) is 0 Å². The highest BCUT2D eigenvalue weighted by Crippen LogP contribution is 2.35. The first-order chi connectivity index (χ1) is 9.65. The number of hydrogen-bond donors (Lipinski definition) is 1. The maximum absolute atomic E-state index is 12.3. The summed E-state index contributed by atoms with van der Waals surface area (Å²) in [5.74, 6) is 0.680. The predicted molar refractivity (Wildman–Crippen MR) is 81.3 cm³/mol. The van der Waals surface area contributed by atoms with E-state index in [-0.39, 0.29) is 5.91 Å². The fraction of sp³-hybridized carbons (Fsp3) is 0.267. The van der Waals surface area contributed by atoms with Crippen LogP contribution in [0.4, 0.5) is 11.4 Å². The lowest BCUT2D eigenvalue weighted by Crippen LogP contribution is -2.45. The number of amides is 1. The molecule has 1 aromatic heterocycles. The lowest BCUT2D eigenvalue weighted by atomic mass is 10.1. The zero-order chi connectivity index (χ0) is 14.1. The molecule has 3 rings (SSSR count). The minimum atomic E-state index is -0.466. The van der Waals surface area contributed by atoms with Crippen LogP contribution in [0.25, 0.3) is 0 Å². The molecule has 0 saturated heterocycles. The Morgan fingerprint density at radius 1 is 1.40 bits per heavy atom. The SMILES string of the molecule is CC1Oc2cc(N)ccc2N(CCc2ccsc2)C1=O. The molecular weight excluding hydrogens is 272 g/mol. The molecule has 4 nitrogen and oxygen atoms in total. The van der Waals surface area contributed by atoms with Gasteiger partial charge in [0.05, 0.1) is 5.69 Å². The fourth-order valence-electron chi connectivity index (χ4n) is 2.33.